The maximum Gasteiger partial charge on any atom is 0.141 e. The molecule has 1 aromatic rings. The maximum atomic E-state index is 8.73. The second-order valence-corrected chi connectivity index (χ2v) is 3.12. The van der Waals surface area contributed by atoms with Crippen LogP contribution in [0, 0.1) is 0 Å². The summed E-state index contributed by atoms with van der Waals surface area (Å²) in [4.78, 5) is 0. The fourth-order valence-corrected chi connectivity index (χ4v) is 1.29. The van der Waals surface area contributed by atoms with Crippen molar-refractivity contribution in [1.82, 2.24) is 0 Å². The molecule has 0 heterocycles. The van der Waals surface area contributed by atoms with Crippen LogP contribution in [0.2, 0.25) is 0 Å². The molecule has 14 heavy (non-hydrogen) atoms. The van der Waals surface area contributed by atoms with Crippen molar-refractivity contribution in [3.05, 3.63) is 23.8 Å². The maximum absolute atomic E-state index is 8.73. The lowest BCUT2D eigenvalue weighted by molar-refractivity contribution is 0.276. The molecule has 0 spiro atoms. The molecule has 0 fully saturated rings. The molecule has 0 aliphatic carbocycles. The van der Waals surface area contributed by atoms with Gasteiger partial charge in [-0.3, -0.25) is 0 Å². The van der Waals surface area contributed by atoms with E-state index in [9.17, 15) is 0 Å². The summed E-state index contributed by atoms with van der Waals surface area (Å²) in [5.74, 6) is 0.643. The highest BCUT2D eigenvalue weighted by Gasteiger charge is 2.07. The average Bonchev–Trinajstić information content (AvgIpc) is 2.18. The van der Waals surface area contributed by atoms with Crippen molar-refractivity contribution < 1.29 is 9.84 Å². The first kappa shape index (κ1) is 10.8. The Morgan fingerprint density at radius 1 is 1.50 bits per heavy atom. The van der Waals surface area contributed by atoms with Crippen LogP contribution in [-0.2, 0) is 0 Å². The number of hydrogen-bond donors (Lipinski definition) is 3. The van der Waals surface area contributed by atoms with Crippen LogP contribution in [0.15, 0.2) is 18.2 Å². The van der Waals surface area contributed by atoms with Gasteiger partial charge in [0.05, 0.1) is 12.8 Å². The average molecular weight is 196 g/mol. The minimum Gasteiger partial charge on any atom is -0.495 e. The molecular weight excluding hydrogens is 180 g/mol. The zero-order valence-corrected chi connectivity index (χ0v) is 8.23. The molecule has 0 aliphatic rings. The summed E-state index contributed by atoms with van der Waals surface area (Å²) in [5.41, 5.74) is 13.0. The summed E-state index contributed by atoms with van der Waals surface area (Å²) in [7, 11) is 1.57. The summed E-state index contributed by atoms with van der Waals surface area (Å²) < 4.78 is 5.02. The molecule has 0 saturated heterocycles. The summed E-state index contributed by atoms with van der Waals surface area (Å²) in [6, 6.07) is 5.24. The highest BCUT2D eigenvalue weighted by atomic mass is 16.5. The van der Waals surface area contributed by atoms with E-state index in [4.69, 9.17) is 21.3 Å². The van der Waals surface area contributed by atoms with Crippen LogP contribution in [0.4, 0.5) is 5.69 Å². The molecule has 0 aromatic heterocycles. The Labute approximate surface area is 83.5 Å². The van der Waals surface area contributed by atoms with Gasteiger partial charge < -0.3 is 21.3 Å². The number of ether oxygens (including phenoxy) is 1. The van der Waals surface area contributed by atoms with Gasteiger partial charge >= 0.3 is 0 Å². The van der Waals surface area contributed by atoms with Crippen LogP contribution in [0.25, 0.3) is 0 Å². The lowest BCUT2D eigenvalue weighted by atomic mass is 10.0. The first-order valence-corrected chi connectivity index (χ1v) is 4.49. The van der Waals surface area contributed by atoms with Crippen molar-refractivity contribution >= 4 is 5.69 Å². The van der Waals surface area contributed by atoms with E-state index in [1.807, 2.05) is 6.07 Å². The highest BCUT2D eigenvalue weighted by Crippen LogP contribution is 2.25. The zero-order valence-electron chi connectivity index (χ0n) is 8.23. The predicted octanol–water partition coefficient (Wildman–Crippen LogP) is 0.660. The Hall–Kier alpha value is -1.26. The molecule has 4 nitrogen and oxygen atoms in total. The number of rotatable bonds is 4. The molecule has 1 aromatic carbocycles. The van der Waals surface area contributed by atoms with E-state index < -0.39 is 0 Å². The second kappa shape index (κ2) is 4.83. The predicted molar refractivity (Wildman–Crippen MR) is 56.0 cm³/mol. The molecule has 78 valence electrons. The monoisotopic (exact) mass is 196 g/mol. The largest absolute Gasteiger partial charge is 0.495 e. The summed E-state index contributed by atoms with van der Waals surface area (Å²) in [6.07, 6.45) is 0.534. The molecule has 0 aliphatic heterocycles. The van der Waals surface area contributed by atoms with E-state index in [0.29, 0.717) is 17.9 Å². The normalized spacial score (nSPS) is 12.5. The molecule has 0 amide bonds. The summed E-state index contributed by atoms with van der Waals surface area (Å²) in [5, 5.41) is 8.73. The van der Waals surface area contributed by atoms with Gasteiger partial charge in [-0.15, -0.1) is 0 Å². The Balaban J connectivity index is 2.85. The smallest absolute Gasteiger partial charge is 0.141 e. The van der Waals surface area contributed by atoms with Gasteiger partial charge in [0, 0.05) is 12.6 Å². The minimum absolute atomic E-state index is 0.0765. The minimum atomic E-state index is -0.173. The molecule has 0 bridgehead atoms. The fourth-order valence-electron chi connectivity index (χ4n) is 1.29. The van der Waals surface area contributed by atoms with Crippen LogP contribution in [0.1, 0.15) is 18.0 Å². The Kier molecular flexibility index (Phi) is 3.73. The Morgan fingerprint density at radius 2 is 2.21 bits per heavy atom. The van der Waals surface area contributed by atoms with Crippen molar-refractivity contribution in [2.45, 2.75) is 12.5 Å². The number of hydrogen-bond acceptors (Lipinski definition) is 4. The Bertz CT molecular complexity index is 302. The quantitative estimate of drug-likeness (QED) is 0.618. The van der Waals surface area contributed by atoms with Gasteiger partial charge in [-0.2, -0.15) is 0 Å². The molecule has 5 N–H and O–H groups in total. The van der Waals surface area contributed by atoms with Crippen LogP contribution >= 0.6 is 0 Å². The van der Waals surface area contributed by atoms with E-state index in [0.717, 1.165) is 5.56 Å². The number of aliphatic hydroxyl groups excluding tert-OH is 1. The second-order valence-electron chi connectivity index (χ2n) is 3.12. The third kappa shape index (κ3) is 2.37. The number of methoxy groups -OCH3 is 1. The molecule has 1 unspecified atom stereocenters. The van der Waals surface area contributed by atoms with Crippen molar-refractivity contribution in [1.29, 1.82) is 0 Å². The van der Waals surface area contributed by atoms with Crippen molar-refractivity contribution in [2.75, 3.05) is 19.5 Å². The number of benzene rings is 1. The van der Waals surface area contributed by atoms with Crippen molar-refractivity contribution in [3.63, 3.8) is 0 Å². The zero-order chi connectivity index (χ0) is 10.6. The molecule has 4 heteroatoms. The van der Waals surface area contributed by atoms with Gasteiger partial charge in [0.2, 0.25) is 0 Å². The number of anilines is 1. The Morgan fingerprint density at radius 3 is 2.71 bits per heavy atom. The first-order valence-electron chi connectivity index (χ1n) is 4.49. The highest BCUT2D eigenvalue weighted by molar-refractivity contribution is 5.54. The number of nitrogen functional groups attached to an aromatic ring is 1. The lowest BCUT2D eigenvalue weighted by Gasteiger charge is -2.12. The van der Waals surface area contributed by atoms with Crippen LogP contribution in [0.3, 0.4) is 0 Å². The molecule has 0 saturated carbocycles. The van der Waals surface area contributed by atoms with Gasteiger partial charge in [0.25, 0.3) is 0 Å². The summed E-state index contributed by atoms with van der Waals surface area (Å²) >= 11 is 0. The van der Waals surface area contributed by atoms with Gasteiger partial charge in [-0.25, -0.2) is 0 Å². The third-order valence-corrected chi connectivity index (χ3v) is 2.12. The molecular formula is C10H16N2O2. The van der Waals surface area contributed by atoms with Gasteiger partial charge in [-0.05, 0) is 24.1 Å². The van der Waals surface area contributed by atoms with Crippen molar-refractivity contribution in [3.8, 4) is 5.75 Å². The topological polar surface area (TPSA) is 81.5 Å². The third-order valence-electron chi connectivity index (χ3n) is 2.12. The number of nitrogens with two attached hydrogens (primary N) is 2. The standard InChI is InChI=1S/C10H16N2O2/c1-14-10-3-2-7(6-9(10)12)8(11)4-5-13/h2-3,6,8,13H,4-5,11-12H2,1H3. The molecule has 0 radical (unpaired) electrons. The van der Waals surface area contributed by atoms with Crippen LogP contribution < -0.4 is 16.2 Å². The van der Waals surface area contributed by atoms with Gasteiger partial charge in [0.15, 0.2) is 0 Å². The molecule has 1 rings (SSSR count). The van der Waals surface area contributed by atoms with Crippen molar-refractivity contribution in [2.24, 2.45) is 5.73 Å². The van der Waals surface area contributed by atoms with E-state index >= 15 is 0 Å². The molecule has 1 atom stereocenters. The van der Waals surface area contributed by atoms with Gasteiger partial charge in [0.1, 0.15) is 5.75 Å². The first-order chi connectivity index (χ1) is 6.69. The van der Waals surface area contributed by atoms with E-state index in [1.165, 1.54) is 0 Å². The van der Waals surface area contributed by atoms with Crippen LogP contribution in [-0.4, -0.2) is 18.8 Å². The van der Waals surface area contributed by atoms with E-state index in [-0.39, 0.29) is 12.6 Å². The fraction of sp³-hybridized carbons (Fsp3) is 0.400. The number of aliphatic hydroxyl groups is 1. The SMILES string of the molecule is COc1ccc(C(N)CCO)cc1N. The van der Waals surface area contributed by atoms with E-state index in [1.54, 1.807) is 19.2 Å². The van der Waals surface area contributed by atoms with E-state index in [2.05, 4.69) is 0 Å². The van der Waals surface area contributed by atoms with Gasteiger partial charge in [-0.1, -0.05) is 6.07 Å². The summed E-state index contributed by atoms with van der Waals surface area (Å²) in [6.45, 7) is 0.0765. The lowest BCUT2D eigenvalue weighted by Crippen LogP contribution is -2.12. The van der Waals surface area contributed by atoms with Crippen LogP contribution in [0.5, 0.6) is 5.75 Å².